The van der Waals surface area contributed by atoms with Crippen molar-refractivity contribution in [2.45, 2.75) is 13.1 Å². The molecular formula is C24H23F3N4O2. The number of nitrogens with one attached hydrogen (secondary N) is 1. The average Bonchev–Trinajstić information content (AvgIpc) is 2.77. The summed E-state index contributed by atoms with van der Waals surface area (Å²) < 4.78 is 38.3. The highest BCUT2D eigenvalue weighted by molar-refractivity contribution is 6.09. The number of pyridine rings is 1. The smallest absolute Gasteiger partial charge is 0.378 e. The van der Waals surface area contributed by atoms with E-state index in [0.29, 0.717) is 5.69 Å². The van der Waals surface area contributed by atoms with Crippen LogP contribution >= 0.6 is 0 Å². The predicted octanol–water partition coefficient (Wildman–Crippen LogP) is 5.07. The summed E-state index contributed by atoms with van der Waals surface area (Å²) in [5, 5.41) is 2.56. The quantitative estimate of drug-likeness (QED) is 0.582. The van der Waals surface area contributed by atoms with Crippen LogP contribution in [0.5, 0.6) is 0 Å². The lowest BCUT2D eigenvalue weighted by Gasteiger charge is -2.19. The van der Waals surface area contributed by atoms with Crippen molar-refractivity contribution in [3.63, 3.8) is 0 Å². The van der Waals surface area contributed by atoms with Gasteiger partial charge in [-0.15, -0.1) is 0 Å². The zero-order valence-electron chi connectivity index (χ0n) is 18.6. The van der Waals surface area contributed by atoms with E-state index in [4.69, 9.17) is 0 Å². The Bertz CT molecular complexity index is 1180. The Labute approximate surface area is 189 Å². The number of amides is 2. The zero-order chi connectivity index (χ0) is 24.3. The van der Waals surface area contributed by atoms with Crippen molar-refractivity contribution in [1.82, 2.24) is 4.98 Å². The SMILES string of the molecule is CC(=O)N(C)c1nc(-c2cccc(N(C)C)c2)ccc1C(=O)Nc1ccc(C(F)(F)F)cc1. The van der Waals surface area contributed by atoms with Gasteiger partial charge in [-0.25, -0.2) is 4.98 Å². The van der Waals surface area contributed by atoms with Crippen molar-refractivity contribution in [2.75, 3.05) is 36.3 Å². The molecule has 0 spiro atoms. The van der Waals surface area contributed by atoms with Crippen LogP contribution < -0.4 is 15.1 Å². The van der Waals surface area contributed by atoms with Gasteiger partial charge in [-0.1, -0.05) is 12.1 Å². The van der Waals surface area contributed by atoms with E-state index in [0.717, 1.165) is 23.4 Å². The second kappa shape index (κ2) is 9.32. The first-order chi connectivity index (χ1) is 15.5. The lowest BCUT2D eigenvalue weighted by atomic mass is 10.1. The molecule has 0 saturated heterocycles. The zero-order valence-corrected chi connectivity index (χ0v) is 18.6. The predicted molar refractivity (Wildman–Crippen MR) is 122 cm³/mol. The van der Waals surface area contributed by atoms with Gasteiger partial charge in [-0.3, -0.25) is 14.5 Å². The molecule has 33 heavy (non-hydrogen) atoms. The van der Waals surface area contributed by atoms with Crippen molar-refractivity contribution in [3.05, 3.63) is 71.8 Å². The van der Waals surface area contributed by atoms with Crippen molar-refractivity contribution < 1.29 is 22.8 Å². The number of anilines is 3. The number of halogens is 3. The van der Waals surface area contributed by atoms with Gasteiger partial charge in [0.05, 0.1) is 16.8 Å². The lowest BCUT2D eigenvalue weighted by Crippen LogP contribution is -2.27. The second-order valence-corrected chi connectivity index (χ2v) is 7.62. The molecule has 0 radical (unpaired) electrons. The van der Waals surface area contributed by atoms with Crippen LogP contribution in [0, 0.1) is 0 Å². The highest BCUT2D eigenvalue weighted by Crippen LogP contribution is 2.30. The number of hydrogen-bond acceptors (Lipinski definition) is 4. The molecule has 0 atom stereocenters. The summed E-state index contributed by atoms with van der Waals surface area (Å²) in [6, 6.07) is 14.9. The maximum atomic E-state index is 12.9. The molecule has 2 aromatic carbocycles. The van der Waals surface area contributed by atoms with Crippen LogP contribution in [-0.2, 0) is 11.0 Å². The Kier molecular flexibility index (Phi) is 6.71. The van der Waals surface area contributed by atoms with E-state index in [9.17, 15) is 22.8 Å². The third-order valence-corrected chi connectivity index (χ3v) is 5.04. The Morgan fingerprint density at radius 1 is 0.939 bits per heavy atom. The largest absolute Gasteiger partial charge is 0.416 e. The van der Waals surface area contributed by atoms with Crippen molar-refractivity contribution in [3.8, 4) is 11.3 Å². The van der Waals surface area contributed by atoms with Crippen molar-refractivity contribution in [2.24, 2.45) is 0 Å². The monoisotopic (exact) mass is 456 g/mol. The van der Waals surface area contributed by atoms with E-state index in [-0.39, 0.29) is 23.0 Å². The maximum absolute atomic E-state index is 12.9. The van der Waals surface area contributed by atoms with E-state index in [1.807, 2.05) is 43.3 Å². The normalized spacial score (nSPS) is 11.1. The maximum Gasteiger partial charge on any atom is 0.416 e. The average molecular weight is 456 g/mol. The first-order valence-electron chi connectivity index (χ1n) is 9.99. The third-order valence-electron chi connectivity index (χ3n) is 5.04. The number of alkyl halides is 3. The number of nitrogens with zero attached hydrogens (tertiary/aromatic N) is 3. The molecule has 172 valence electrons. The Hall–Kier alpha value is -3.88. The van der Waals surface area contributed by atoms with Crippen LogP contribution in [0.1, 0.15) is 22.8 Å². The number of rotatable bonds is 5. The van der Waals surface area contributed by atoms with Gasteiger partial charge in [0.1, 0.15) is 5.82 Å². The van der Waals surface area contributed by atoms with E-state index in [2.05, 4.69) is 10.3 Å². The summed E-state index contributed by atoms with van der Waals surface area (Å²) in [5.74, 6) is -0.788. The molecule has 0 saturated carbocycles. The van der Waals surface area contributed by atoms with Crippen LogP contribution in [0.2, 0.25) is 0 Å². The van der Waals surface area contributed by atoms with Crippen molar-refractivity contribution >= 4 is 29.0 Å². The summed E-state index contributed by atoms with van der Waals surface area (Å²) in [4.78, 5) is 32.7. The molecule has 1 heterocycles. The highest BCUT2D eigenvalue weighted by Gasteiger charge is 2.30. The van der Waals surface area contributed by atoms with Crippen LogP contribution in [0.3, 0.4) is 0 Å². The molecule has 9 heteroatoms. The number of aromatic nitrogens is 1. The van der Waals surface area contributed by atoms with Gasteiger partial charge in [0.2, 0.25) is 5.91 Å². The first-order valence-corrected chi connectivity index (χ1v) is 9.99. The minimum atomic E-state index is -4.47. The molecule has 0 fully saturated rings. The van der Waals surface area contributed by atoms with Crippen LogP contribution in [-0.4, -0.2) is 37.9 Å². The fourth-order valence-electron chi connectivity index (χ4n) is 3.08. The fourth-order valence-corrected chi connectivity index (χ4v) is 3.08. The van der Waals surface area contributed by atoms with Gasteiger partial charge in [0.15, 0.2) is 0 Å². The summed E-state index contributed by atoms with van der Waals surface area (Å²) >= 11 is 0. The van der Waals surface area contributed by atoms with Crippen molar-refractivity contribution in [1.29, 1.82) is 0 Å². The molecule has 0 aliphatic heterocycles. The van der Waals surface area contributed by atoms with Gasteiger partial charge < -0.3 is 10.2 Å². The van der Waals surface area contributed by atoms with E-state index < -0.39 is 17.6 Å². The lowest BCUT2D eigenvalue weighted by molar-refractivity contribution is -0.137. The summed E-state index contributed by atoms with van der Waals surface area (Å²) in [5.41, 5.74) is 1.80. The number of carbonyl (C=O) groups excluding carboxylic acids is 2. The molecular weight excluding hydrogens is 433 g/mol. The summed E-state index contributed by atoms with van der Waals surface area (Å²) in [6.45, 7) is 1.35. The molecule has 0 aliphatic carbocycles. The Morgan fingerprint density at radius 2 is 1.61 bits per heavy atom. The summed E-state index contributed by atoms with van der Waals surface area (Å²) in [6.07, 6.45) is -4.47. The Morgan fingerprint density at radius 3 is 2.18 bits per heavy atom. The van der Waals surface area contributed by atoms with Gasteiger partial charge in [0, 0.05) is 45.0 Å². The van der Waals surface area contributed by atoms with Gasteiger partial charge >= 0.3 is 6.18 Å². The van der Waals surface area contributed by atoms with Crippen LogP contribution in [0.15, 0.2) is 60.7 Å². The van der Waals surface area contributed by atoms with Gasteiger partial charge in [-0.2, -0.15) is 13.2 Å². The molecule has 0 unspecified atom stereocenters. The molecule has 3 rings (SSSR count). The molecule has 0 bridgehead atoms. The molecule has 6 nitrogen and oxygen atoms in total. The summed E-state index contributed by atoms with van der Waals surface area (Å²) in [7, 11) is 5.33. The second-order valence-electron chi connectivity index (χ2n) is 7.62. The van der Waals surface area contributed by atoms with Gasteiger partial charge in [0.25, 0.3) is 5.91 Å². The molecule has 1 N–H and O–H groups in total. The van der Waals surface area contributed by atoms with E-state index >= 15 is 0 Å². The Balaban J connectivity index is 1.96. The topological polar surface area (TPSA) is 65.5 Å². The highest BCUT2D eigenvalue weighted by atomic mass is 19.4. The fraction of sp³-hybridized carbons (Fsp3) is 0.208. The standard InChI is InChI=1S/C24H23F3N4O2/c1-15(32)31(4)22-20(23(33)28-18-10-8-17(9-11-18)24(25,26)27)12-13-21(29-22)16-6-5-7-19(14-16)30(2)3/h5-14H,1-4H3,(H,28,33). The minimum absolute atomic E-state index is 0.111. The molecule has 2 amide bonds. The van der Waals surface area contributed by atoms with Crippen LogP contribution in [0.4, 0.5) is 30.4 Å². The molecule has 3 aromatic rings. The molecule has 1 aromatic heterocycles. The number of hydrogen-bond donors (Lipinski definition) is 1. The minimum Gasteiger partial charge on any atom is -0.378 e. The van der Waals surface area contributed by atoms with E-state index in [1.54, 1.807) is 12.1 Å². The first kappa shape index (κ1) is 23.8. The molecule has 0 aliphatic rings. The number of benzene rings is 2. The van der Waals surface area contributed by atoms with E-state index in [1.165, 1.54) is 31.0 Å². The number of carbonyl (C=O) groups is 2. The van der Waals surface area contributed by atoms with Gasteiger partial charge in [-0.05, 0) is 48.5 Å². The van der Waals surface area contributed by atoms with Crippen LogP contribution in [0.25, 0.3) is 11.3 Å². The third kappa shape index (κ3) is 5.49.